The minimum atomic E-state index is -0.673. The first-order valence-electron chi connectivity index (χ1n) is 13.9. The Morgan fingerprint density at radius 1 is 0.769 bits per heavy atom. The number of rotatable bonds is 7. The smallest absolute Gasteiger partial charge is 0.252 e. The maximum absolute atomic E-state index is 13.4. The lowest BCUT2D eigenvalue weighted by atomic mass is 9.84. The predicted molar refractivity (Wildman–Crippen MR) is 162 cm³/mol. The molecule has 0 aliphatic carbocycles. The third-order valence-corrected chi connectivity index (χ3v) is 6.64. The molecular formula is C34H46N2O3. The minimum Gasteiger partial charge on any atom is -0.393 e. The Labute approximate surface area is 234 Å². The molecule has 1 atom stereocenters. The number of carbonyl (C=O) groups is 2. The van der Waals surface area contributed by atoms with E-state index >= 15 is 0 Å². The zero-order valence-corrected chi connectivity index (χ0v) is 25.2. The van der Waals surface area contributed by atoms with Gasteiger partial charge in [0, 0.05) is 16.6 Å². The van der Waals surface area contributed by atoms with E-state index in [1.807, 2.05) is 90.1 Å². The topological polar surface area (TPSA) is 78.4 Å². The second-order valence-electron chi connectivity index (χ2n) is 13.7. The van der Waals surface area contributed by atoms with Gasteiger partial charge in [-0.05, 0) is 99.7 Å². The Morgan fingerprint density at radius 3 is 1.97 bits per heavy atom. The summed E-state index contributed by atoms with van der Waals surface area (Å²) in [6, 6.07) is 17.9. The van der Waals surface area contributed by atoms with Crippen molar-refractivity contribution >= 4 is 22.6 Å². The molecular weight excluding hydrogens is 484 g/mol. The van der Waals surface area contributed by atoms with Crippen LogP contribution in [0.4, 0.5) is 0 Å². The van der Waals surface area contributed by atoms with Crippen LogP contribution in [0.2, 0.25) is 0 Å². The van der Waals surface area contributed by atoms with Crippen molar-refractivity contribution in [3.63, 3.8) is 0 Å². The van der Waals surface area contributed by atoms with Crippen LogP contribution in [0.15, 0.2) is 54.6 Å². The maximum atomic E-state index is 13.4. The van der Waals surface area contributed by atoms with Crippen LogP contribution in [0.3, 0.4) is 0 Å². The maximum Gasteiger partial charge on any atom is 0.252 e. The van der Waals surface area contributed by atoms with Gasteiger partial charge in [0.15, 0.2) is 0 Å². The van der Waals surface area contributed by atoms with Crippen LogP contribution in [-0.2, 0) is 18.3 Å². The van der Waals surface area contributed by atoms with E-state index in [0.29, 0.717) is 30.4 Å². The summed E-state index contributed by atoms with van der Waals surface area (Å²) in [5.41, 5.74) is 3.26. The van der Waals surface area contributed by atoms with Crippen molar-refractivity contribution in [1.82, 2.24) is 10.6 Å². The number of fused-ring (bicyclic) bond motifs is 1. The lowest BCUT2D eigenvalue weighted by Crippen LogP contribution is -2.41. The van der Waals surface area contributed by atoms with Crippen molar-refractivity contribution in [2.45, 2.75) is 104 Å². The van der Waals surface area contributed by atoms with E-state index in [-0.39, 0.29) is 28.3 Å². The van der Waals surface area contributed by atoms with Gasteiger partial charge in [-0.15, -0.1) is 0 Å². The molecule has 0 saturated carbocycles. The Balaban J connectivity index is 1.87. The monoisotopic (exact) mass is 530 g/mol. The molecule has 3 rings (SSSR count). The molecule has 0 aromatic heterocycles. The lowest BCUT2D eigenvalue weighted by Gasteiger charge is -2.25. The molecule has 39 heavy (non-hydrogen) atoms. The van der Waals surface area contributed by atoms with E-state index in [0.717, 1.165) is 27.5 Å². The summed E-state index contributed by atoms with van der Waals surface area (Å²) >= 11 is 0. The SMILES string of the molecule is CC(C)(C)NC(=O)c1cc(C(C)(C)C)ccc1CC[C@@H](O)Cc1ccc2ccccc2c1C(=O)NC(C)(C)C. The minimum absolute atomic E-state index is 0.0884. The molecule has 0 aliphatic rings. The van der Waals surface area contributed by atoms with Crippen LogP contribution >= 0.6 is 0 Å². The summed E-state index contributed by atoms with van der Waals surface area (Å²) < 4.78 is 0. The summed E-state index contributed by atoms with van der Waals surface area (Å²) in [5.74, 6) is -0.242. The second kappa shape index (κ2) is 11.5. The Kier molecular flexibility index (Phi) is 8.96. The van der Waals surface area contributed by atoms with Crippen molar-refractivity contribution in [1.29, 1.82) is 0 Å². The molecule has 0 spiro atoms. The molecule has 0 bridgehead atoms. The zero-order chi connectivity index (χ0) is 29.2. The highest BCUT2D eigenvalue weighted by Crippen LogP contribution is 2.28. The van der Waals surface area contributed by atoms with E-state index in [2.05, 4.69) is 37.5 Å². The number of aliphatic hydroxyl groups excluding tert-OH is 1. The van der Waals surface area contributed by atoms with Gasteiger partial charge < -0.3 is 15.7 Å². The van der Waals surface area contributed by atoms with Crippen LogP contribution in [0.5, 0.6) is 0 Å². The highest BCUT2D eigenvalue weighted by atomic mass is 16.3. The molecule has 3 N–H and O–H groups in total. The number of amides is 2. The Bertz CT molecular complexity index is 1340. The second-order valence-corrected chi connectivity index (χ2v) is 13.7. The summed E-state index contributed by atoms with van der Waals surface area (Å²) in [7, 11) is 0. The molecule has 210 valence electrons. The molecule has 3 aromatic carbocycles. The summed E-state index contributed by atoms with van der Waals surface area (Å²) in [4.78, 5) is 26.6. The molecule has 0 heterocycles. The first-order chi connectivity index (χ1) is 17.9. The fourth-order valence-corrected chi connectivity index (χ4v) is 4.72. The highest BCUT2D eigenvalue weighted by molar-refractivity contribution is 6.08. The number of hydrogen-bond donors (Lipinski definition) is 3. The fraction of sp³-hybridized carbons (Fsp3) is 0.471. The molecule has 2 amide bonds. The predicted octanol–water partition coefficient (Wildman–Crippen LogP) is 6.73. The highest BCUT2D eigenvalue weighted by Gasteiger charge is 2.24. The first kappa shape index (κ1) is 30.4. The number of hydrogen-bond acceptors (Lipinski definition) is 3. The number of carbonyl (C=O) groups excluding carboxylic acids is 2. The standard InChI is InChI=1S/C34H46N2O3/c1-32(2,3)25-18-16-23(28(21-25)30(38)35-33(4,5)6)17-19-26(37)20-24-15-14-22-12-10-11-13-27(22)29(24)31(39)36-34(7,8)9/h10-16,18,21,26,37H,17,19-20H2,1-9H3,(H,35,38)(H,36,39)/t26-/m1/s1. The van der Waals surface area contributed by atoms with Crippen LogP contribution in [0, 0.1) is 0 Å². The number of aliphatic hydroxyl groups is 1. The van der Waals surface area contributed by atoms with E-state index in [4.69, 9.17) is 0 Å². The molecule has 0 radical (unpaired) electrons. The van der Waals surface area contributed by atoms with Crippen molar-refractivity contribution in [3.8, 4) is 0 Å². The van der Waals surface area contributed by atoms with E-state index in [1.54, 1.807) is 0 Å². The first-order valence-corrected chi connectivity index (χ1v) is 13.9. The lowest BCUT2D eigenvalue weighted by molar-refractivity contribution is 0.0907. The fourth-order valence-electron chi connectivity index (χ4n) is 4.72. The van der Waals surface area contributed by atoms with Crippen LogP contribution in [-0.4, -0.2) is 34.1 Å². The van der Waals surface area contributed by atoms with Crippen molar-refractivity contribution < 1.29 is 14.7 Å². The molecule has 0 unspecified atom stereocenters. The molecule has 0 saturated heterocycles. The van der Waals surface area contributed by atoms with E-state index in [1.165, 1.54) is 0 Å². The van der Waals surface area contributed by atoms with Crippen molar-refractivity contribution in [2.75, 3.05) is 0 Å². The third kappa shape index (κ3) is 8.40. The van der Waals surface area contributed by atoms with Crippen LogP contribution in [0.25, 0.3) is 10.8 Å². The van der Waals surface area contributed by atoms with Gasteiger partial charge in [-0.25, -0.2) is 0 Å². The van der Waals surface area contributed by atoms with Gasteiger partial charge in [0.1, 0.15) is 0 Å². The van der Waals surface area contributed by atoms with Crippen molar-refractivity contribution in [3.05, 3.63) is 82.4 Å². The van der Waals surface area contributed by atoms with Gasteiger partial charge in [-0.1, -0.05) is 69.3 Å². The summed E-state index contributed by atoms with van der Waals surface area (Å²) in [6.07, 6.45) is 0.697. The van der Waals surface area contributed by atoms with Crippen LogP contribution < -0.4 is 10.6 Å². The van der Waals surface area contributed by atoms with Gasteiger partial charge in [0.25, 0.3) is 11.8 Å². The molecule has 5 nitrogen and oxygen atoms in total. The summed E-state index contributed by atoms with van der Waals surface area (Å²) in [5, 5.41) is 19.2. The van der Waals surface area contributed by atoms with Gasteiger partial charge in [0.05, 0.1) is 11.7 Å². The quantitative estimate of drug-likeness (QED) is 0.317. The molecule has 0 fully saturated rings. The number of nitrogens with one attached hydrogen (secondary N) is 2. The summed E-state index contributed by atoms with van der Waals surface area (Å²) in [6.45, 7) is 18.2. The van der Waals surface area contributed by atoms with E-state index < -0.39 is 6.10 Å². The van der Waals surface area contributed by atoms with Gasteiger partial charge in [0.2, 0.25) is 0 Å². The van der Waals surface area contributed by atoms with Gasteiger partial charge >= 0.3 is 0 Å². The molecule has 3 aromatic rings. The molecule has 0 aliphatic heterocycles. The van der Waals surface area contributed by atoms with Gasteiger partial charge in [-0.3, -0.25) is 9.59 Å². The molecule has 5 heteroatoms. The average Bonchev–Trinajstić information content (AvgIpc) is 2.79. The number of aryl methyl sites for hydroxylation is 1. The Hall–Kier alpha value is -3.18. The van der Waals surface area contributed by atoms with E-state index in [9.17, 15) is 14.7 Å². The van der Waals surface area contributed by atoms with Crippen molar-refractivity contribution in [2.24, 2.45) is 0 Å². The van der Waals surface area contributed by atoms with Gasteiger partial charge in [-0.2, -0.15) is 0 Å². The van der Waals surface area contributed by atoms with Crippen LogP contribution in [0.1, 0.15) is 106 Å². The Morgan fingerprint density at radius 2 is 1.36 bits per heavy atom. The third-order valence-electron chi connectivity index (χ3n) is 6.64. The normalized spacial score (nSPS) is 13.3. The zero-order valence-electron chi connectivity index (χ0n) is 25.2. The average molecular weight is 531 g/mol. The largest absolute Gasteiger partial charge is 0.393 e. The number of benzene rings is 3.